The molecular formula is C20H38N2O3. The predicted molar refractivity (Wildman–Crippen MR) is 102 cm³/mol. The lowest BCUT2D eigenvalue weighted by molar-refractivity contribution is -0.140. The van der Waals surface area contributed by atoms with Gasteiger partial charge in [-0.3, -0.25) is 19.3 Å². The topological polar surface area (TPSA) is 66.5 Å². The molecule has 2 rings (SSSR count). The summed E-state index contributed by atoms with van der Waals surface area (Å²) in [6.45, 7) is 13.1. The zero-order valence-corrected chi connectivity index (χ0v) is 17.1. The van der Waals surface area contributed by atoms with Crippen molar-refractivity contribution in [1.82, 2.24) is 10.2 Å². The number of imide groups is 1. The molecule has 1 saturated heterocycles. The molecule has 5 nitrogen and oxygen atoms in total. The maximum Gasteiger partial charge on any atom is 0.232 e. The van der Waals surface area contributed by atoms with Crippen molar-refractivity contribution in [2.45, 2.75) is 80.1 Å². The SMILES string of the molecule is CC.CC.CCCNC(=O)C1CCC(CN2C(=O)CC(C)C2=O)CC1. The van der Waals surface area contributed by atoms with Crippen molar-refractivity contribution in [1.29, 1.82) is 0 Å². The summed E-state index contributed by atoms with van der Waals surface area (Å²) in [7, 11) is 0. The van der Waals surface area contributed by atoms with Crippen LogP contribution >= 0.6 is 0 Å². The largest absolute Gasteiger partial charge is 0.356 e. The van der Waals surface area contributed by atoms with Crippen LogP contribution in [0.15, 0.2) is 0 Å². The van der Waals surface area contributed by atoms with Crippen LogP contribution in [0.25, 0.3) is 0 Å². The van der Waals surface area contributed by atoms with Crippen LogP contribution in [0.3, 0.4) is 0 Å². The van der Waals surface area contributed by atoms with Gasteiger partial charge in [0.1, 0.15) is 0 Å². The van der Waals surface area contributed by atoms with Crippen LogP contribution in [0.2, 0.25) is 0 Å². The number of hydrogen-bond acceptors (Lipinski definition) is 3. The van der Waals surface area contributed by atoms with Gasteiger partial charge in [0.25, 0.3) is 0 Å². The Morgan fingerprint density at radius 2 is 1.64 bits per heavy atom. The van der Waals surface area contributed by atoms with Crippen LogP contribution < -0.4 is 5.32 Å². The fraction of sp³-hybridized carbons (Fsp3) is 0.850. The van der Waals surface area contributed by atoms with Gasteiger partial charge in [-0.05, 0) is 38.0 Å². The Bertz CT molecular complexity index is 415. The number of nitrogens with zero attached hydrogens (tertiary/aromatic N) is 1. The van der Waals surface area contributed by atoms with E-state index in [0.29, 0.717) is 18.9 Å². The highest BCUT2D eigenvalue weighted by atomic mass is 16.2. The molecule has 1 heterocycles. The first-order valence-corrected chi connectivity index (χ1v) is 10.1. The van der Waals surface area contributed by atoms with Crippen LogP contribution in [0.4, 0.5) is 0 Å². The third kappa shape index (κ3) is 7.17. The lowest BCUT2D eigenvalue weighted by Crippen LogP contribution is -2.38. The van der Waals surface area contributed by atoms with Gasteiger partial charge in [-0.25, -0.2) is 0 Å². The van der Waals surface area contributed by atoms with Gasteiger partial charge in [0.2, 0.25) is 17.7 Å². The van der Waals surface area contributed by atoms with Gasteiger partial charge < -0.3 is 5.32 Å². The fourth-order valence-corrected chi connectivity index (χ4v) is 3.30. The second-order valence-corrected chi connectivity index (χ2v) is 6.46. The number of hydrogen-bond donors (Lipinski definition) is 1. The Morgan fingerprint density at radius 1 is 1.08 bits per heavy atom. The normalized spacial score (nSPS) is 25.5. The Kier molecular flexibility index (Phi) is 12.2. The van der Waals surface area contributed by atoms with Gasteiger partial charge in [0.15, 0.2) is 0 Å². The van der Waals surface area contributed by atoms with E-state index in [4.69, 9.17) is 0 Å². The molecule has 146 valence electrons. The average molecular weight is 355 g/mol. The number of nitrogens with one attached hydrogen (secondary N) is 1. The number of carbonyl (C=O) groups excluding carboxylic acids is 3. The highest BCUT2D eigenvalue weighted by molar-refractivity contribution is 6.03. The molecule has 2 aliphatic rings. The summed E-state index contributed by atoms with van der Waals surface area (Å²) < 4.78 is 0. The first-order chi connectivity index (χ1) is 12.0. The van der Waals surface area contributed by atoms with Crippen molar-refractivity contribution in [2.24, 2.45) is 17.8 Å². The molecule has 5 heteroatoms. The molecular weight excluding hydrogens is 316 g/mol. The fourth-order valence-electron chi connectivity index (χ4n) is 3.30. The molecule has 1 aliphatic carbocycles. The van der Waals surface area contributed by atoms with E-state index in [0.717, 1.165) is 38.6 Å². The van der Waals surface area contributed by atoms with E-state index in [9.17, 15) is 14.4 Å². The minimum Gasteiger partial charge on any atom is -0.356 e. The maximum absolute atomic E-state index is 11.9. The molecule has 1 atom stereocenters. The van der Waals surface area contributed by atoms with E-state index in [1.54, 1.807) is 0 Å². The summed E-state index contributed by atoms with van der Waals surface area (Å²) in [5, 5.41) is 2.95. The second-order valence-electron chi connectivity index (χ2n) is 6.46. The zero-order chi connectivity index (χ0) is 19.4. The summed E-state index contributed by atoms with van der Waals surface area (Å²) in [5.41, 5.74) is 0. The smallest absolute Gasteiger partial charge is 0.232 e. The molecule has 0 aromatic carbocycles. The zero-order valence-electron chi connectivity index (χ0n) is 17.1. The van der Waals surface area contributed by atoms with E-state index < -0.39 is 0 Å². The van der Waals surface area contributed by atoms with Gasteiger partial charge in [-0.15, -0.1) is 0 Å². The molecule has 1 N–H and O–H groups in total. The highest BCUT2D eigenvalue weighted by Gasteiger charge is 2.37. The molecule has 3 amide bonds. The van der Waals surface area contributed by atoms with E-state index in [1.165, 1.54) is 4.90 Å². The van der Waals surface area contributed by atoms with Crippen LogP contribution in [0, 0.1) is 17.8 Å². The Labute approximate surface area is 153 Å². The second kappa shape index (κ2) is 12.9. The van der Waals surface area contributed by atoms with Crippen molar-refractivity contribution in [3.63, 3.8) is 0 Å². The van der Waals surface area contributed by atoms with Crippen LogP contribution in [0.1, 0.15) is 80.1 Å². The average Bonchev–Trinajstić information content (AvgIpc) is 2.89. The van der Waals surface area contributed by atoms with Crippen molar-refractivity contribution < 1.29 is 14.4 Å². The van der Waals surface area contributed by atoms with Gasteiger partial charge in [-0.1, -0.05) is 41.5 Å². The van der Waals surface area contributed by atoms with Gasteiger partial charge in [0, 0.05) is 31.3 Å². The number of rotatable bonds is 5. The molecule has 0 radical (unpaired) electrons. The van der Waals surface area contributed by atoms with E-state index in [1.807, 2.05) is 41.5 Å². The standard InChI is InChI=1S/C16H26N2O3.2C2H6/c1-3-8-17-15(20)13-6-4-12(5-7-13)10-18-14(19)9-11(2)16(18)21;2*1-2/h11-13H,3-10H2,1-2H3,(H,17,20);2*1-2H3. The quantitative estimate of drug-likeness (QED) is 0.764. The molecule has 1 saturated carbocycles. The molecule has 0 aromatic rings. The molecule has 0 aromatic heterocycles. The third-order valence-corrected chi connectivity index (χ3v) is 4.68. The summed E-state index contributed by atoms with van der Waals surface area (Å²) in [6, 6.07) is 0. The summed E-state index contributed by atoms with van der Waals surface area (Å²) in [6.07, 6.45) is 4.90. The van der Waals surface area contributed by atoms with Gasteiger partial charge in [0.05, 0.1) is 0 Å². The Morgan fingerprint density at radius 3 is 2.08 bits per heavy atom. The van der Waals surface area contributed by atoms with Crippen LogP contribution in [-0.4, -0.2) is 35.7 Å². The highest BCUT2D eigenvalue weighted by Crippen LogP contribution is 2.31. The maximum atomic E-state index is 11.9. The summed E-state index contributed by atoms with van der Waals surface area (Å²) in [4.78, 5) is 37.1. The minimum atomic E-state index is -0.159. The Hall–Kier alpha value is -1.39. The summed E-state index contributed by atoms with van der Waals surface area (Å²) in [5.74, 6) is 0.416. The van der Waals surface area contributed by atoms with Crippen LogP contribution in [-0.2, 0) is 14.4 Å². The van der Waals surface area contributed by atoms with Crippen molar-refractivity contribution in [2.75, 3.05) is 13.1 Å². The van der Waals surface area contributed by atoms with E-state index >= 15 is 0 Å². The van der Waals surface area contributed by atoms with Crippen molar-refractivity contribution in [3.05, 3.63) is 0 Å². The molecule has 1 unspecified atom stereocenters. The van der Waals surface area contributed by atoms with E-state index in [2.05, 4.69) is 5.32 Å². The Balaban J connectivity index is 0.00000134. The van der Waals surface area contributed by atoms with Gasteiger partial charge >= 0.3 is 0 Å². The van der Waals surface area contributed by atoms with Gasteiger partial charge in [-0.2, -0.15) is 0 Å². The number of amides is 3. The van der Waals surface area contributed by atoms with Crippen molar-refractivity contribution >= 4 is 17.7 Å². The first-order valence-electron chi connectivity index (χ1n) is 10.1. The lowest BCUT2D eigenvalue weighted by atomic mass is 9.81. The van der Waals surface area contributed by atoms with E-state index in [-0.39, 0.29) is 29.6 Å². The number of likely N-dealkylation sites (tertiary alicyclic amines) is 1. The molecule has 0 bridgehead atoms. The molecule has 2 fully saturated rings. The lowest BCUT2D eigenvalue weighted by Gasteiger charge is -2.30. The third-order valence-electron chi connectivity index (χ3n) is 4.68. The molecule has 25 heavy (non-hydrogen) atoms. The first kappa shape index (κ1) is 23.6. The predicted octanol–water partition coefficient (Wildman–Crippen LogP) is 3.77. The monoisotopic (exact) mass is 354 g/mol. The minimum absolute atomic E-state index is 0.0252. The van der Waals surface area contributed by atoms with Crippen LogP contribution in [0.5, 0.6) is 0 Å². The summed E-state index contributed by atoms with van der Waals surface area (Å²) >= 11 is 0. The van der Waals surface area contributed by atoms with Crippen molar-refractivity contribution in [3.8, 4) is 0 Å². The molecule has 0 spiro atoms. The number of carbonyl (C=O) groups is 3. The molecule has 1 aliphatic heterocycles.